The van der Waals surface area contributed by atoms with Crippen LogP contribution in [0.3, 0.4) is 0 Å². The Hall–Kier alpha value is -1.59. The van der Waals surface area contributed by atoms with E-state index in [-0.39, 0.29) is 12.0 Å². The highest BCUT2D eigenvalue weighted by Gasteiger charge is 2.21. The van der Waals surface area contributed by atoms with Crippen LogP contribution in [0.5, 0.6) is 11.5 Å². The minimum atomic E-state index is -0.657. The standard InChI is InChI=1S/C17H27NO4/c1-9(2)18-17(13(6)19)22-15-8-10(3)16(21-14(7)20)12(5)11(15)4/h8-9,13,17-19H,1-7H3. The highest BCUT2D eigenvalue weighted by Crippen LogP contribution is 2.33. The zero-order chi connectivity index (χ0) is 17.0. The number of rotatable bonds is 6. The normalized spacial score (nSPS) is 13.9. The van der Waals surface area contributed by atoms with Gasteiger partial charge in [0.2, 0.25) is 0 Å². The van der Waals surface area contributed by atoms with E-state index in [0.29, 0.717) is 11.5 Å². The van der Waals surface area contributed by atoms with Gasteiger partial charge in [0.25, 0.3) is 0 Å². The molecule has 5 heteroatoms. The van der Waals surface area contributed by atoms with E-state index in [9.17, 15) is 9.90 Å². The molecule has 0 bridgehead atoms. The van der Waals surface area contributed by atoms with Gasteiger partial charge in [0.1, 0.15) is 17.6 Å². The largest absolute Gasteiger partial charge is 0.472 e. The monoisotopic (exact) mass is 309 g/mol. The molecule has 0 fully saturated rings. The second kappa shape index (κ2) is 7.61. The van der Waals surface area contributed by atoms with E-state index in [0.717, 1.165) is 16.7 Å². The van der Waals surface area contributed by atoms with Gasteiger partial charge in [-0.3, -0.25) is 10.1 Å². The van der Waals surface area contributed by atoms with Gasteiger partial charge >= 0.3 is 5.97 Å². The van der Waals surface area contributed by atoms with Crippen LogP contribution in [0.1, 0.15) is 44.4 Å². The predicted molar refractivity (Wildman–Crippen MR) is 86.3 cm³/mol. The topological polar surface area (TPSA) is 67.8 Å². The minimum absolute atomic E-state index is 0.183. The number of aliphatic hydroxyl groups is 1. The first-order chi connectivity index (χ1) is 10.1. The van der Waals surface area contributed by atoms with Gasteiger partial charge in [0.05, 0.1) is 0 Å². The Kier molecular flexibility index (Phi) is 6.38. The van der Waals surface area contributed by atoms with Gasteiger partial charge in [-0.1, -0.05) is 0 Å². The molecule has 0 aromatic heterocycles. The second-order valence-electron chi connectivity index (χ2n) is 5.96. The first kappa shape index (κ1) is 18.5. The lowest BCUT2D eigenvalue weighted by molar-refractivity contribution is -0.131. The van der Waals surface area contributed by atoms with Crippen LogP contribution in [0.25, 0.3) is 0 Å². The number of nitrogens with one attached hydrogen (secondary N) is 1. The van der Waals surface area contributed by atoms with E-state index in [1.165, 1.54) is 6.92 Å². The average molecular weight is 309 g/mol. The fourth-order valence-corrected chi connectivity index (χ4v) is 2.18. The van der Waals surface area contributed by atoms with Gasteiger partial charge < -0.3 is 14.6 Å². The van der Waals surface area contributed by atoms with Crippen LogP contribution >= 0.6 is 0 Å². The van der Waals surface area contributed by atoms with Gasteiger partial charge in [0.15, 0.2) is 6.23 Å². The molecule has 0 saturated heterocycles. The summed E-state index contributed by atoms with van der Waals surface area (Å²) in [6.45, 7) is 12.7. The number of carbonyl (C=O) groups is 1. The van der Waals surface area contributed by atoms with Gasteiger partial charge in [-0.15, -0.1) is 0 Å². The number of esters is 1. The smallest absolute Gasteiger partial charge is 0.308 e. The van der Waals surface area contributed by atoms with Gasteiger partial charge in [-0.25, -0.2) is 0 Å². The molecule has 2 N–H and O–H groups in total. The molecule has 1 aromatic rings. The number of hydrogen-bond acceptors (Lipinski definition) is 5. The number of aryl methyl sites for hydroxylation is 1. The lowest BCUT2D eigenvalue weighted by atomic mass is 10.0. The number of ether oxygens (including phenoxy) is 2. The SMILES string of the molecule is CC(=O)Oc1c(C)cc(OC(NC(C)C)C(C)O)c(C)c1C. The lowest BCUT2D eigenvalue weighted by Crippen LogP contribution is -2.46. The molecule has 124 valence electrons. The van der Waals surface area contributed by atoms with E-state index in [2.05, 4.69) is 5.32 Å². The number of carbonyl (C=O) groups excluding carboxylic acids is 1. The maximum Gasteiger partial charge on any atom is 0.308 e. The van der Waals surface area contributed by atoms with Crippen LogP contribution in [0.15, 0.2) is 6.07 Å². The van der Waals surface area contributed by atoms with Crippen molar-refractivity contribution in [2.45, 2.75) is 66.8 Å². The number of aliphatic hydroxyl groups excluding tert-OH is 1. The summed E-state index contributed by atoms with van der Waals surface area (Å²) in [7, 11) is 0. The maximum atomic E-state index is 11.2. The molecular weight excluding hydrogens is 282 g/mol. The Morgan fingerprint density at radius 3 is 2.23 bits per heavy atom. The summed E-state index contributed by atoms with van der Waals surface area (Å²) in [4.78, 5) is 11.2. The fourth-order valence-electron chi connectivity index (χ4n) is 2.18. The third-order valence-electron chi connectivity index (χ3n) is 3.41. The van der Waals surface area contributed by atoms with Crippen molar-refractivity contribution < 1.29 is 19.4 Å². The molecule has 0 aliphatic heterocycles. The molecule has 0 aliphatic rings. The van der Waals surface area contributed by atoms with Crippen molar-refractivity contribution in [2.75, 3.05) is 0 Å². The van der Waals surface area contributed by atoms with Crippen molar-refractivity contribution >= 4 is 5.97 Å². The Balaban J connectivity index is 3.12. The third kappa shape index (κ3) is 4.71. The van der Waals surface area contributed by atoms with Crippen molar-refractivity contribution in [1.29, 1.82) is 0 Å². The lowest BCUT2D eigenvalue weighted by Gasteiger charge is -2.27. The summed E-state index contributed by atoms with van der Waals surface area (Å²) in [5.41, 5.74) is 2.57. The second-order valence-corrected chi connectivity index (χ2v) is 5.96. The van der Waals surface area contributed by atoms with Crippen molar-refractivity contribution in [3.63, 3.8) is 0 Å². The highest BCUT2D eigenvalue weighted by atomic mass is 16.5. The van der Waals surface area contributed by atoms with Crippen LogP contribution in [0.2, 0.25) is 0 Å². The molecule has 5 nitrogen and oxygen atoms in total. The average Bonchev–Trinajstić information content (AvgIpc) is 2.39. The Bertz CT molecular complexity index is 538. The van der Waals surface area contributed by atoms with Crippen LogP contribution in [-0.4, -0.2) is 29.4 Å². The van der Waals surface area contributed by atoms with Crippen molar-refractivity contribution in [3.05, 3.63) is 22.8 Å². The molecular formula is C17H27NO4. The molecule has 0 saturated carbocycles. The Labute approximate surface area is 132 Å². The van der Waals surface area contributed by atoms with Crippen molar-refractivity contribution in [2.24, 2.45) is 0 Å². The summed E-state index contributed by atoms with van der Waals surface area (Å²) < 4.78 is 11.2. The van der Waals surface area contributed by atoms with Crippen LogP contribution in [-0.2, 0) is 4.79 Å². The summed E-state index contributed by atoms with van der Waals surface area (Å²) in [6.07, 6.45) is -1.16. The van der Waals surface area contributed by atoms with Gasteiger partial charge in [-0.05, 0) is 64.3 Å². The van der Waals surface area contributed by atoms with Crippen molar-refractivity contribution in [3.8, 4) is 11.5 Å². The first-order valence-electron chi connectivity index (χ1n) is 7.53. The van der Waals surface area contributed by atoms with E-state index >= 15 is 0 Å². The van der Waals surface area contributed by atoms with Crippen LogP contribution in [0, 0.1) is 20.8 Å². The quantitative estimate of drug-likeness (QED) is 0.480. The summed E-state index contributed by atoms with van der Waals surface area (Å²) >= 11 is 0. The maximum absolute atomic E-state index is 11.2. The van der Waals surface area contributed by atoms with Crippen molar-refractivity contribution in [1.82, 2.24) is 5.32 Å². The molecule has 1 rings (SSSR count). The zero-order valence-electron chi connectivity index (χ0n) is 14.5. The summed E-state index contributed by atoms with van der Waals surface area (Å²) in [5, 5.41) is 13.1. The molecule has 0 radical (unpaired) electrons. The predicted octanol–water partition coefficient (Wildman–Crippen LogP) is 2.62. The molecule has 22 heavy (non-hydrogen) atoms. The molecule has 0 spiro atoms. The highest BCUT2D eigenvalue weighted by molar-refractivity contribution is 5.71. The van der Waals surface area contributed by atoms with E-state index in [1.54, 1.807) is 6.92 Å². The first-order valence-corrected chi connectivity index (χ1v) is 7.53. The number of benzene rings is 1. The summed E-state index contributed by atoms with van der Waals surface area (Å²) in [5.74, 6) is 0.898. The van der Waals surface area contributed by atoms with Crippen LogP contribution in [0.4, 0.5) is 0 Å². The minimum Gasteiger partial charge on any atom is -0.472 e. The van der Waals surface area contributed by atoms with E-state index in [4.69, 9.17) is 9.47 Å². The zero-order valence-corrected chi connectivity index (χ0v) is 14.5. The molecule has 0 aliphatic carbocycles. The van der Waals surface area contributed by atoms with Gasteiger partial charge in [0, 0.05) is 13.0 Å². The molecule has 0 amide bonds. The number of hydrogen-bond donors (Lipinski definition) is 2. The van der Waals surface area contributed by atoms with E-state index in [1.807, 2.05) is 40.7 Å². The summed E-state index contributed by atoms with van der Waals surface area (Å²) in [6, 6.07) is 2.01. The Morgan fingerprint density at radius 2 is 1.77 bits per heavy atom. The Morgan fingerprint density at radius 1 is 1.18 bits per heavy atom. The third-order valence-corrected chi connectivity index (χ3v) is 3.41. The molecule has 1 aromatic carbocycles. The fraction of sp³-hybridized carbons (Fsp3) is 0.588. The van der Waals surface area contributed by atoms with Gasteiger partial charge in [-0.2, -0.15) is 0 Å². The molecule has 2 atom stereocenters. The van der Waals surface area contributed by atoms with Crippen LogP contribution < -0.4 is 14.8 Å². The molecule has 0 heterocycles. The van der Waals surface area contributed by atoms with E-state index < -0.39 is 12.3 Å². The molecule has 2 unspecified atom stereocenters.